The van der Waals surface area contributed by atoms with Crippen LogP contribution in [-0.4, -0.2) is 23.9 Å². The van der Waals surface area contributed by atoms with E-state index in [1.807, 2.05) is 111 Å². The van der Waals surface area contributed by atoms with Gasteiger partial charge in [-0.25, -0.2) is 19.2 Å². The first-order valence-electron chi connectivity index (χ1n) is 28.3. The molecule has 0 saturated heterocycles. The molecule has 9 aromatic rings. The fourth-order valence-electron chi connectivity index (χ4n) is 7.79. The molecule has 0 amide bonds. The highest BCUT2D eigenvalue weighted by atomic mass is 31.0. The van der Waals surface area contributed by atoms with Crippen LogP contribution in [0.15, 0.2) is 231 Å². The molecule has 0 heterocycles. The standard InChI is InChI=1S/C24H23O4P.C22H21O2P.C17H17O2P.C8H11P.C3H6/c1-3-17-6-11-21(12-7-17)27-24(26)20-10-13-22(16(2)14-20)28-23(25)19-8-4-18(15-29)5-9-19;1-2-16-3-7-18(8-4-16)19-11-13-21(14-12-19)24-22(23)20-9-5-17(15-25)6-10-20;1-13-2-9-16(10-3-13)19-17(18)11-8-14-4-6-15(12-20)7-5-14;1-7-2-4-8(6-9)5-3-7;1-3-2/h4-14H,3,15,29H2,1-2H3;3-14H,2,15,25H2,1H3;2-11H,12,20H2,1H3;2-5H,6,9H2,1H3;3H,1H2,2H3/b;;11-8+;;. The molecule has 12 heteroatoms. The summed E-state index contributed by atoms with van der Waals surface area (Å²) in [5.41, 5.74) is 15.2. The van der Waals surface area contributed by atoms with Crippen molar-refractivity contribution in [1.82, 2.24) is 0 Å². The van der Waals surface area contributed by atoms with E-state index in [0.29, 0.717) is 45.3 Å². The lowest BCUT2D eigenvalue weighted by molar-refractivity contribution is -0.128. The fraction of sp³-hybridized carbons (Fsp3) is 0.162. The third-order valence-electron chi connectivity index (χ3n) is 13.0. The Morgan fingerprint density at radius 3 is 1.13 bits per heavy atom. The third kappa shape index (κ3) is 23.8. The highest BCUT2D eigenvalue weighted by Crippen LogP contribution is 2.26. The van der Waals surface area contributed by atoms with Crippen molar-refractivity contribution in [3.8, 4) is 34.1 Å². The van der Waals surface area contributed by atoms with Gasteiger partial charge in [-0.2, -0.15) is 0 Å². The van der Waals surface area contributed by atoms with E-state index in [4.69, 9.17) is 18.9 Å². The average molecular weight is 1220 g/mol. The first-order chi connectivity index (χ1) is 41.6. The van der Waals surface area contributed by atoms with Crippen LogP contribution in [0.2, 0.25) is 0 Å². The zero-order chi connectivity index (χ0) is 62.2. The second-order valence-electron chi connectivity index (χ2n) is 19.6. The molecule has 442 valence electrons. The molecule has 0 fully saturated rings. The number of carbonyl (C=O) groups is 4. The summed E-state index contributed by atoms with van der Waals surface area (Å²) in [4.78, 5) is 48.7. The van der Waals surface area contributed by atoms with Gasteiger partial charge in [0.1, 0.15) is 23.0 Å². The summed E-state index contributed by atoms with van der Waals surface area (Å²) < 4.78 is 21.6. The minimum atomic E-state index is -0.455. The van der Waals surface area contributed by atoms with Crippen molar-refractivity contribution in [2.45, 2.75) is 79.0 Å². The number of hydrogen-bond acceptors (Lipinski definition) is 8. The van der Waals surface area contributed by atoms with Gasteiger partial charge in [-0.1, -0.05) is 165 Å². The van der Waals surface area contributed by atoms with E-state index in [9.17, 15) is 19.2 Å². The number of aryl methyl sites for hydroxylation is 5. The highest BCUT2D eigenvalue weighted by molar-refractivity contribution is 7.16. The van der Waals surface area contributed by atoms with Gasteiger partial charge in [-0.15, -0.1) is 43.5 Å². The average Bonchev–Trinajstić information content (AvgIpc) is 3.74. The van der Waals surface area contributed by atoms with E-state index < -0.39 is 11.9 Å². The fourth-order valence-corrected chi connectivity index (χ4v) is 8.88. The molecular formula is C74H78O8P4. The van der Waals surface area contributed by atoms with Crippen molar-refractivity contribution in [3.05, 3.63) is 303 Å². The van der Waals surface area contributed by atoms with E-state index >= 15 is 0 Å². The Bertz CT molecular complexity index is 3560. The van der Waals surface area contributed by atoms with Gasteiger partial charge in [0.2, 0.25) is 0 Å². The molecule has 86 heavy (non-hydrogen) atoms. The van der Waals surface area contributed by atoms with Gasteiger partial charge in [0, 0.05) is 6.08 Å². The van der Waals surface area contributed by atoms with Gasteiger partial charge in [0.25, 0.3) is 0 Å². The molecular weight excluding hydrogens is 1140 g/mol. The van der Waals surface area contributed by atoms with Crippen molar-refractivity contribution in [3.63, 3.8) is 0 Å². The van der Waals surface area contributed by atoms with Crippen LogP contribution in [-0.2, 0) is 42.3 Å². The van der Waals surface area contributed by atoms with Crippen molar-refractivity contribution in [2.24, 2.45) is 0 Å². The second kappa shape index (κ2) is 37.5. The summed E-state index contributed by atoms with van der Waals surface area (Å²) >= 11 is 0. The molecule has 8 nitrogen and oxygen atoms in total. The molecule has 0 spiro atoms. The minimum Gasteiger partial charge on any atom is -0.423 e. The van der Waals surface area contributed by atoms with Crippen LogP contribution in [0.1, 0.15) is 107 Å². The summed E-state index contributed by atoms with van der Waals surface area (Å²) in [6, 6.07) is 67.2. The zero-order valence-electron chi connectivity index (χ0n) is 50.0. The summed E-state index contributed by atoms with van der Waals surface area (Å²) in [5.74, 6) is 0.415. The molecule has 0 saturated carbocycles. The molecule has 9 aromatic carbocycles. The first-order valence-corrected chi connectivity index (χ1v) is 31.6. The SMILES string of the molecule is C=CC.CCc1ccc(-c2ccc(OC(=O)c3ccc(CP)cc3)cc2)cc1.CCc1ccc(OC(=O)c2ccc(OC(=O)c3ccc(CP)cc3)c(C)c2)cc1.Cc1ccc(CP)cc1.Cc1ccc(OC(=O)/C=C/c2ccc(CP)cc2)cc1. The maximum atomic E-state index is 12.4. The van der Waals surface area contributed by atoms with Gasteiger partial charge < -0.3 is 18.9 Å². The second-order valence-corrected chi connectivity index (χ2v) is 21.3. The van der Waals surface area contributed by atoms with E-state index in [1.165, 1.54) is 39.5 Å². The van der Waals surface area contributed by atoms with Crippen LogP contribution in [0.3, 0.4) is 0 Å². The Balaban J connectivity index is 0.000000217. The van der Waals surface area contributed by atoms with Crippen LogP contribution in [0, 0.1) is 20.8 Å². The monoisotopic (exact) mass is 1220 g/mol. The molecule has 0 aliphatic carbocycles. The molecule has 0 aliphatic rings. The van der Waals surface area contributed by atoms with Crippen molar-refractivity contribution < 1.29 is 38.1 Å². The van der Waals surface area contributed by atoms with Crippen LogP contribution < -0.4 is 18.9 Å². The molecule has 0 aliphatic heterocycles. The van der Waals surface area contributed by atoms with Gasteiger partial charge in [-0.3, -0.25) is 0 Å². The van der Waals surface area contributed by atoms with Gasteiger partial charge in [0.15, 0.2) is 0 Å². The third-order valence-corrected chi connectivity index (χ3v) is 14.9. The summed E-state index contributed by atoms with van der Waals surface area (Å²) in [7, 11) is 10.7. The summed E-state index contributed by atoms with van der Waals surface area (Å²) in [6.07, 6.45) is 10.6. The Kier molecular flexibility index (Phi) is 30.0. The number of rotatable bonds is 16. The number of esters is 4. The Hall–Kier alpha value is -7.94. The van der Waals surface area contributed by atoms with E-state index in [0.717, 1.165) is 65.3 Å². The van der Waals surface area contributed by atoms with Crippen LogP contribution >= 0.6 is 37.0 Å². The van der Waals surface area contributed by atoms with Crippen molar-refractivity contribution in [1.29, 1.82) is 0 Å². The first kappa shape index (κ1) is 68.8. The van der Waals surface area contributed by atoms with Gasteiger partial charge in [0.05, 0.1) is 16.7 Å². The molecule has 0 N–H and O–H groups in total. The molecule has 0 aromatic heterocycles. The smallest absolute Gasteiger partial charge is 0.343 e. The molecule has 0 radical (unpaired) electrons. The molecule has 9 rings (SSSR count). The van der Waals surface area contributed by atoms with E-state index in [2.05, 4.69) is 113 Å². The molecule has 4 unspecified atom stereocenters. The highest BCUT2D eigenvalue weighted by Gasteiger charge is 2.15. The Morgan fingerprint density at radius 1 is 0.395 bits per heavy atom. The van der Waals surface area contributed by atoms with Crippen molar-refractivity contribution >= 4 is 66.9 Å². The lowest BCUT2D eigenvalue weighted by Gasteiger charge is -2.10. The largest absolute Gasteiger partial charge is 0.423 e. The quantitative estimate of drug-likeness (QED) is 0.0310. The number of hydrogen-bond donors (Lipinski definition) is 0. The number of ether oxygens (including phenoxy) is 4. The normalized spacial score (nSPS) is 10.2. The predicted molar refractivity (Wildman–Crippen MR) is 369 cm³/mol. The van der Waals surface area contributed by atoms with Crippen LogP contribution in [0.4, 0.5) is 0 Å². The maximum Gasteiger partial charge on any atom is 0.343 e. The molecule has 4 atom stereocenters. The Morgan fingerprint density at radius 2 is 0.709 bits per heavy atom. The number of allylic oxidation sites excluding steroid dienone is 1. The van der Waals surface area contributed by atoms with Crippen LogP contribution in [0.25, 0.3) is 17.2 Å². The lowest BCUT2D eigenvalue weighted by atomic mass is 10.0. The van der Waals surface area contributed by atoms with Gasteiger partial charge >= 0.3 is 23.9 Å². The maximum absolute atomic E-state index is 12.4. The van der Waals surface area contributed by atoms with Crippen molar-refractivity contribution in [2.75, 3.05) is 0 Å². The summed E-state index contributed by atoms with van der Waals surface area (Å²) in [6.45, 7) is 15.3. The van der Waals surface area contributed by atoms with E-state index in [1.54, 1.807) is 85.8 Å². The predicted octanol–water partition coefficient (Wildman–Crippen LogP) is 18.4. The van der Waals surface area contributed by atoms with Gasteiger partial charge in [-0.05, 0) is 206 Å². The minimum absolute atomic E-state index is 0.338. The number of carbonyl (C=O) groups excluding carboxylic acids is 4. The Labute approximate surface area is 518 Å². The molecule has 0 bridgehead atoms. The lowest BCUT2D eigenvalue weighted by Crippen LogP contribution is -2.11. The number of benzene rings is 9. The van der Waals surface area contributed by atoms with Crippen LogP contribution in [0.5, 0.6) is 23.0 Å². The topological polar surface area (TPSA) is 105 Å². The zero-order valence-corrected chi connectivity index (χ0v) is 54.6. The summed E-state index contributed by atoms with van der Waals surface area (Å²) in [5, 5.41) is 0. The van der Waals surface area contributed by atoms with E-state index in [-0.39, 0.29) is 11.9 Å².